The average molecular weight is 304 g/mol. The molecule has 0 aromatic heterocycles. The van der Waals surface area contributed by atoms with E-state index >= 15 is 0 Å². The summed E-state index contributed by atoms with van der Waals surface area (Å²) in [5.41, 5.74) is 0.999. The first-order valence-electron chi connectivity index (χ1n) is 7.63. The van der Waals surface area contributed by atoms with Gasteiger partial charge in [0, 0.05) is 32.1 Å². The Balaban J connectivity index is 2.62. The molecule has 0 aromatic carbocycles. The van der Waals surface area contributed by atoms with Gasteiger partial charge in [0.25, 0.3) is 0 Å². The third kappa shape index (κ3) is 2.85. The van der Waals surface area contributed by atoms with Gasteiger partial charge in [-0.25, -0.2) is 0 Å². The van der Waals surface area contributed by atoms with E-state index in [2.05, 4.69) is 0 Å². The minimum atomic E-state index is -0.587. The van der Waals surface area contributed by atoms with Crippen molar-refractivity contribution >= 4 is 18.0 Å². The van der Waals surface area contributed by atoms with E-state index in [9.17, 15) is 14.4 Å². The molecule has 2 rings (SSSR count). The number of carbonyl (C=O) groups is 3. The Bertz CT molecular complexity index is 585. The second kappa shape index (κ2) is 5.71. The number of ketones is 1. The van der Waals surface area contributed by atoms with Crippen molar-refractivity contribution in [3.05, 3.63) is 23.0 Å². The maximum Gasteiger partial charge on any atom is 0.234 e. The van der Waals surface area contributed by atoms with Crippen LogP contribution in [0.2, 0.25) is 0 Å². The first-order chi connectivity index (χ1) is 10.2. The lowest BCUT2D eigenvalue weighted by Gasteiger charge is -2.31. The van der Waals surface area contributed by atoms with E-state index in [1.807, 2.05) is 39.6 Å². The Morgan fingerprint density at radius 2 is 1.95 bits per heavy atom. The minimum Gasteiger partial charge on any atom is -0.372 e. The van der Waals surface area contributed by atoms with Crippen LogP contribution in [0.15, 0.2) is 23.0 Å². The van der Waals surface area contributed by atoms with Crippen LogP contribution in [0, 0.1) is 11.3 Å². The third-order valence-electron chi connectivity index (χ3n) is 4.03. The highest BCUT2D eigenvalue weighted by Gasteiger charge is 2.42. The van der Waals surface area contributed by atoms with E-state index < -0.39 is 5.41 Å². The van der Waals surface area contributed by atoms with Crippen LogP contribution in [-0.2, 0) is 14.4 Å². The monoisotopic (exact) mass is 304 g/mol. The van der Waals surface area contributed by atoms with E-state index in [-0.39, 0.29) is 24.0 Å². The quantitative estimate of drug-likeness (QED) is 0.745. The van der Waals surface area contributed by atoms with Crippen LogP contribution in [0.5, 0.6) is 0 Å². The summed E-state index contributed by atoms with van der Waals surface area (Å²) < 4.78 is 0. The molecule has 5 heteroatoms. The summed E-state index contributed by atoms with van der Waals surface area (Å²) in [6.07, 6.45) is 2.53. The van der Waals surface area contributed by atoms with Gasteiger partial charge in [-0.1, -0.05) is 13.8 Å². The number of rotatable bonds is 3. The zero-order valence-corrected chi connectivity index (χ0v) is 14.0. The van der Waals surface area contributed by atoms with E-state index in [0.29, 0.717) is 30.1 Å². The SMILES string of the molecule is CC(C)CN1C(=O)C(C)(C)CN(C)C2=C1C(=O)CC(C=O)=C2. The van der Waals surface area contributed by atoms with Crippen LogP contribution >= 0.6 is 0 Å². The molecule has 0 atom stereocenters. The van der Waals surface area contributed by atoms with Crippen LogP contribution in [0.4, 0.5) is 0 Å². The highest BCUT2D eigenvalue weighted by Crippen LogP contribution is 2.34. The molecular weight excluding hydrogens is 280 g/mol. The number of hydrogen-bond acceptors (Lipinski definition) is 4. The maximum atomic E-state index is 12.9. The van der Waals surface area contributed by atoms with Crippen LogP contribution < -0.4 is 0 Å². The van der Waals surface area contributed by atoms with Gasteiger partial charge in [0.1, 0.15) is 12.0 Å². The molecule has 2 aliphatic rings. The third-order valence-corrected chi connectivity index (χ3v) is 4.03. The summed E-state index contributed by atoms with van der Waals surface area (Å²) >= 11 is 0. The lowest BCUT2D eigenvalue weighted by Crippen LogP contribution is -2.44. The molecule has 0 saturated heterocycles. The van der Waals surface area contributed by atoms with Crippen LogP contribution in [-0.4, -0.2) is 47.9 Å². The molecule has 120 valence electrons. The van der Waals surface area contributed by atoms with E-state index in [1.54, 1.807) is 11.0 Å². The normalized spacial score (nSPS) is 21.8. The van der Waals surface area contributed by atoms with Gasteiger partial charge in [-0.15, -0.1) is 0 Å². The Morgan fingerprint density at radius 3 is 2.50 bits per heavy atom. The zero-order valence-electron chi connectivity index (χ0n) is 14.0. The molecule has 0 radical (unpaired) electrons. The van der Waals surface area contributed by atoms with Crippen molar-refractivity contribution in [2.45, 2.75) is 34.1 Å². The molecule has 0 bridgehead atoms. The topological polar surface area (TPSA) is 57.7 Å². The predicted molar refractivity (Wildman–Crippen MR) is 83.8 cm³/mol. The smallest absolute Gasteiger partial charge is 0.234 e. The van der Waals surface area contributed by atoms with Gasteiger partial charge in [0.05, 0.1) is 11.1 Å². The molecule has 0 unspecified atom stereocenters. The number of nitrogens with zero attached hydrogens (tertiary/aromatic N) is 2. The fourth-order valence-electron chi connectivity index (χ4n) is 3.11. The Hall–Kier alpha value is -1.91. The molecule has 5 nitrogen and oxygen atoms in total. The molecule has 0 N–H and O–H groups in total. The van der Waals surface area contributed by atoms with Crippen LogP contribution in [0.25, 0.3) is 0 Å². The van der Waals surface area contributed by atoms with E-state index in [0.717, 1.165) is 6.29 Å². The molecule has 1 aliphatic carbocycles. The van der Waals surface area contributed by atoms with Crippen molar-refractivity contribution in [2.24, 2.45) is 11.3 Å². The second-order valence-corrected chi connectivity index (χ2v) is 7.22. The number of hydrogen-bond donors (Lipinski definition) is 0. The number of allylic oxidation sites excluding steroid dienone is 3. The average Bonchev–Trinajstić information content (AvgIpc) is 2.48. The summed E-state index contributed by atoms with van der Waals surface area (Å²) in [5, 5.41) is 0. The molecule has 0 aromatic rings. The molecule has 0 fully saturated rings. The highest BCUT2D eigenvalue weighted by atomic mass is 16.2. The van der Waals surface area contributed by atoms with Gasteiger partial charge in [-0.2, -0.15) is 0 Å². The standard InChI is InChI=1S/C17H24N2O3/c1-11(2)8-19-15-13(6-12(9-20)7-14(15)21)18(5)10-17(3,4)16(19)22/h6,9,11H,7-8,10H2,1-5H3. The van der Waals surface area contributed by atoms with Gasteiger partial charge in [-0.3, -0.25) is 14.4 Å². The van der Waals surface area contributed by atoms with Crippen LogP contribution in [0.1, 0.15) is 34.1 Å². The molecule has 1 aliphatic heterocycles. The largest absolute Gasteiger partial charge is 0.372 e. The fourth-order valence-corrected chi connectivity index (χ4v) is 3.11. The first-order valence-corrected chi connectivity index (χ1v) is 7.63. The second-order valence-electron chi connectivity index (χ2n) is 7.22. The van der Waals surface area contributed by atoms with Crippen molar-refractivity contribution in [3.8, 4) is 0 Å². The number of amides is 1. The van der Waals surface area contributed by atoms with Crippen molar-refractivity contribution in [2.75, 3.05) is 20.1 Å². The van der Waals surface area contributed by atoms with Crippen LogP contribution in [0.3, 0.4) is 0 Å². The molecule has 0 spiro atoms. The van der Waals surface area contributed by atoms with Gasteiger partial charge < -0.3 is 9.80 Å². The Labute approximate surface area is 131 Å². The zero-order chi connectivity index (χ0) is 16.7. The molecular formula is C17H24N2O3. The molecule has 1 heterocycles. The summed E-state index contributed by atoms with van der Waals surface area (Å²) in [7, 11) is 1.86. The first kappa shape index (κ1) is 16.5. The summed E-state index contributed by atoms with van der Waals surface area (Å²) in [5.74, 6) is 0.0636. The fraction of sp³-hybridized carbons (Fsp3) is 0.588. The van der Waals surface area contributed by atoms with Gasteiger partial charge in [-0.05, 0) is 25.8 Å². The molecule has 1 amide bonds. The summed E-state index contributed by atoms with van der Waals surface area (Å²) in [4.78, 5) is 40.1. The number of carbonyl (C=O) groups excluding carboxylic acids is 3. The van der Waals surface area contributed by atoms with Crippen molar-refractivity contribution in [3.63, 3.8) is 0 Å². The number of likely N-dealkylation sites (N-methyl/N-ethyl adjacent to an activating group) is 1. The van der Waals surface area contributed by atoms with Crippen molar-refractivity contribution in [1.82, 2.24) is 9.80 Å². The number of Topliss-reactive ketones (excluding diaryl/α,β-unsaturated/α-hetero) is 1. The Morgan fingerprint density at radius 1 is 1.32 bits per heavy atom. The minimum absolute atomic E-state index is 0.0330. The lowest BCUT2D eigenvalue weighted by molar-refractivity contribution is -0.140. The highest BCUT2D eigenvalue weighted by molar-refractivity contribution is 6.06. The number of aldehydes is 1. The lowest BCUT2D eigenvalue weighted by atomic mass is 9.91. The van der Waals surface area contributed by atoms with Crippen molar-refractivity contribution < 1.29 is 14.4 Å². The maximum absolute atomic E-state index is 12.9. The van der Waals surface area contributed by atoms with Gasteiger partial charge >= 0.3 is 0 Å². The van der Waals surface area contributed by atoms with E-state index in [4.69, 9.17) is 0 Å². The molecule has 0 saturated carbocycles. The molecule has 22 heavy (non-hydrogen) atoms. The summed E-state index contributed by atoms with van der Waals surface area (Å²) in [6.45, 7) is 8.85. The van der Waals surface area contributed by atoms with E-state index in [1.165, 1.54) is 0 Å². The predicted octanol–water partition coefficient (Wildman–Crippen LogP) is 1.75. The van der Waals surface area contributed by atoms with Crippen molar-refractivity contribution in [1.29, 1.82) is 0 Å². The summed E-state index contributed by atoms with van der Waals surface area (Å²) in [6, 6.07) is 0. The Kier molecular flexibility index (Phi) is 4.27. The van der Waals surface area contributed by atoms with Gasteiger partial charge in [0.15, 0.2) is 5.78 Å². The van der Waals surface area contributed by atoms with Gasteiger partial charge in [0.2, 0.25) is 5.91 Å².